The van der Waals surface area contributed by atoms with Crippen molar-refractivity contribution >= 4 is 28.4 Å². The molecule has 2 N–H and O–H groups in total. The van der Waals surface area contributed by atoms with Gasteiger partial charge in [-0.15, -0.1) is 0 Å². The lowest BCUT2D eigenvalue weighted by Crippen LogP contribution is -2.06. The molecule has 2 aromatic heterocycles. The van der Waals surface area contributed by atoms with E-state index in [4.69, 9.17) is 5.73 Å². The van der Waals surface area contributed by atoms with Crippen LogP contribution in [0.25, 0.3) is 0 Å². The van der Waals surface area contributed by atoms with Gasteiger partial charge in [-0.05, 0) is 41.1 Å². The van der Waals surface area contributed by atoms with Crippen molar-refractivity contribution in [2.45, 2.75) is 13.5 Å². The highest BCUT2D eigenvalue weighted by molar-refractivity contribution is 14.1. The number of nitrogens with zero attached hydrogens (tertiary/aromatic N) is 3. The molecule has 0 aliphatic carbocycles. The molecule has 0 atom stereocenters. The molecule has 2 aromatic rings. The highest BCUT2D eigenvalue weighted by Gasteiger charge is 2.04. The Morgan fingerprint density at radius 1 is 1.40 bits per heavy atom. The number of halogens is 1. The molecule has 0 spiro atoms. The maximum atomic E-state index is 5.85. The number of aromatic nitrogens is 3. The molecule has 5 heteroatoms. The van der Waals surface area contributed by atoms with Crippen molar-refractivity contribution < 1.29 is 0 Å². The van der Waals surface area contributed by atoms with Gasteiger partial charge in [0.05, 0.1) is 16.3 Å². The standard InChI is InChI=1S/C10H11IN4/c1-7-2-3-8(4-13-7)6-15-10(12)9(11)5-14-15/h2-5H,6,12H2,1H3. The van der Waals surface area contributed by atoms with Crippen LogP contribution < -0.4 is 5.73 Å². The van der Waals surface area contributed by atoms with E-state index in [9.17, 15) is 0 Å². The monoisotopic (exact) mass is 314 g/mol. The van der Waals surface area contributed by atoms with Crippen LogP contribution in [0.15, 0.2) is 24.5 Å². The Morgan fingerprint density at radius 2 is 2.20 bits per heavy atom. The first kappa shape index (κ1) is 10.4. The fraction of sp³-hybridized carbons (Fsp3) is 0.200. The van der Waals surface area contributed by atoms with Crippen LogP contribution in [0.4, 0.5) is 5.82 Å². The van der Waals surface area contributed by atoms with Crippen molar-refractivity contribution in [3.63, 3.8) is 0 Å². The summed E-state index contributed by atoms with van der Waals surface area (Å²) in [6.07, 6.45) is 3.61. The average Bonchev–Trinajstić information content (AvgIpc) is 2.53. The van der Waals surface area contributed by atoms with Crippen LogP contribution in [0.2, 0.25) is 0 Å². The Morgan fingerprint density at radius 3 is 2.73 bits per heavy atom. The summed E-state index contributed by atoms with van der Waals surface area (Å²) in [5.41, 5.74) is 7.97. The van der Waals surface area contributed by atoms with E-state index in [0.717, 1.165) is 14.8 Å². The van der Waals surface area contributed by atoms with Crippen molar-refractivity contribution in [3.8, 4) is 0 Å². The van der Waals surface area contributed by atoms with Crippen LogP contribution in [0.1, 0.15) is 11.3 Å². The zero-order valence-electron chi connectivity index (χ0n) is 8.31. The largest absolute Gasteiger partial charge is 0.383 e. The summed E-state index contributed by atoms with van der Waals surface area (Å²) in [6, 6.07) is 4.02. The molecular formula is C10H11IN4. The van der Waals surface area contributed by atoms with E-state index >= 15 is 0 Å². The van der Waals surface area contributed by atoms with E-state index in [1.165, 1.54) is 0 Å². The Bertz CT molecular complexity index is 461. The molecule has 0 amide bonds. The van der Waals surface area contributed by atoms with Crippen molar-refractivity contribution in [2.75, 3.05) is 5.73 Å². The van der Waals surface area contributed by atoms with E-state index < -0.39 is 0 Å². The van der Waals surface area contributed by atoms with E-state index in [2.05, 4.69) is 32.7 Å². The molecule has 4 nitrogen and oxygen atoms in total. The van der Waals surface area contributed by atoms with Gasteiger partial charge in [0.25, 0.3) is 0 Å². The second-order valence-corrected chi connectivity index (χ2v) is 4.51. The van der Waals surface area contributed by atoms with Crippen LogP contribution in [0.3, 0.4) is 0 Å². The molecule has 0 saturated carbocycles. The fourth-order valence-electron chi connectivity index (χ4n) is 1.26. The van der Waals surface area contributed by atoms with Crippen LogP contribution in [0.5, 0.6) is 0 Å². The first-order chi connectivity index (χ1) is 7.16. The Kier molecular flexibility index (Phi) is 2.90. The molecule has 0 aliphatic heterocycles. The Hall–Kier alpha value is -1.11. The zero-order chi connectivity index (χ0) is 10.8. The van der Waals surface area contributed by atoms with Gasteiger partial charge in [0.15, 0.2) is 0 Å². The Balaban J connectivity index is 2.22. The van der Waals surface area contributed by atoms with Crippen LogP contribution >= 0.6 is 22.6 Å². The SMILES string of the molecule is Cc1ccc(Cn2ncc(I)c2N)cn1. The molecule has 0 bridgehead atoms. The lowest BCUT2D eigenvalue weighted by Gasteiger charge is -2.04. The summed E-state index contributed by atoms with van der Waals surface area (Å²) < 4.78 is 2.75. The summed E-state index contributed by atoms with van der Waals surface area (Å²) in [4.78, 5) is 4.23. The normalized spacial score (nSPS) is 10.5. The van der Waals surface area contributed by atoms with Gasteiger partial charge in [-0.1, -0.05) is 6.07 Å². The van der Waals surface area contributed by atoms with Crippen molar-refractivity contribution in [2.24, 2.45) is 0 Å². The summed E-state index contributed by atoms with van der Waals surface area (Å²) in [5.74, 6) is 0.705. The van der Waals surface area contributed by atoms with E-state index in [1.54, 1.807) is 10.9 Å². The van der Waals surface area contributed by atoms with Gasteiger partial charge in [-0.25, -0.2) is 4.68 Å². The lowest BCUT2D eigenvalue weighted by molar-refractivity contribution is 0.694. The highest BCUT2D eigenvalue weighted by atomic mass is 127. The highest BCUT2D eigenvalue weighted by Crippen LogP contribution is 2.14. The number of anilines is 1. The van der Waals surface area contributed by atoms with E-state index in [0.29, 0.717) is 12.4 Å². The third-order valence-electron chi connectivity index (χ3n) is 2.14. The van der Waals surface area contributed by atoms with Gasteiger partial charge in [-0.2, -0.15) is 5.10 Å². The van der Waals surface area contributed by atoms with Gasteiger partial charge in [-0.3, -0.25) is 4.98 Å². The molecule has 2 rings (SSSR count). The molecule has 15 heavy (non-hydrogen) atoms. The molecule has 0 radical (unpaired) electrons. The van der Waals surface area contributed by atoms with Crippen molar-refractivity contribution in [1.82, 2.24) is 14.8 Å². The van der Waals surface area contributed by atoms with Crippen LogP contribution in [0, 0.1) is 10.5 Å². The number of nitrogens with two attached hydrogens (primary N) is 1. The number of rotatable bonds is 2. The third-order valence-corrected chi connectivity index (χ3v) is 2.97. The number of hydrogen-bond acceptors (Lipinski definition) is 3. The zero-order valence-corrected chi connectivity index (χ0v) is 10.5. The summed E-state index contributed by atoms with van der Waals surface area (Å²) in [6.45, 7) is 2.64. The van der Waals surface area contributed by atoms with Crippen LogP contribution in [-0.2, 0) is 6.54 Å². The lowest BCUT2D eigenvalue weighted by atomic mass is 10.2. The number of aryl methyl sites for hydroxylation is 1. The van der Waals surface area contributed by atoms with E-state index in [-0.39, 0.29) is 0 Å². The van der Waals surface area contributed by atoms with Gasteiger partial charge in [0.2, 0.25) is 0 Å². The van der Waals surface area contributed by atoms with Gasteiger partial charge >= 0.3 is 0 Å². The van der Waals surface area contributed by atoms with E-state index in [1.807, 2.05) is 25.3 Å². The summed E-state index contributed by atoms with van der Waals surface area (Å²) >= 11 is 2.17. The molecule has 0 saturated heterocycles. The molecular weight excluding hydrogens is 303 g/mol. The topological polar surface area (TPSA) is 56.7 Å². The first-order valence-electron chi connectivity index (χ1n) is 4.55. The number of pyridine rings is 1. The number of hydrogen-bond donors (Lipinski definition) is 1. The summed E-state index contributed by atoms with van der Waals surface area (Å²) in [5, 5.41) is 4.19. The maximum absolute atomic E-state index is 5.85. The second kappa shape index (κ2) is 4.18. The predicted molar refractivity (Wildman–Crippen MR) is 67.4 cm³/mol. The summed E-state index contributed by atoms with van der Waals surface area (Å²) in [7, 11) is 0. The fourth-order valence-corrected chi connectivity index (χ4v) is 1.67. The molecule has 2 heterocycles. The molecule has 0 fully saturated rings. The quantitative estimate of drug-likeness (QED) is 0.860. The minimum atomic E-state index is 0.669. The molecule has 0 aromatic carbocycles. The smallest absolute Gasteiger partial charge is 0.135 e. The van der Waals surface area contributed by atoms with Crippen molar-refractivity contribution in [3.05, 3.63) is 39.4 Å². The molecule has 0 unspecified atom stereocenters. The number of nitrogen functional groups attached to an aromatic ring is 1. The van der Waals surface area contributed by atoms with Crippen LogP contribution in [-0.4, -0.2) is 14.8 Å². The molecule has 78 valence electrons. The third kappa shape index (κ3) is 2.28. The Labute approximate surface area is 102 Å². The minimum absolute atomic E-state index is 0.669. The van der Waals surface area contributed by atoms with Crippen molar-refractivity contribution in [1.29, 1.82) is 0 Å². The minimum Gasteiger partial charge on any atom is -0.383 e. The maximum Gasteiger partial charge on any atom is 0.135 e. The average molecular weight is 314 g/mol. The molecule has 0 aliphatic rings. The predicted octanol–water partition coefficient (Wildman–Crippen LogP) is 1.82. The van der Waals surface area contributed by atoms with Gasteiger partial charge in [0.1, 0.15) is 5.82 Å². The van der Waals surface area contributed by atoms with Gasteiger partial charge < -0.3 is 5.73 Å². The van der Waals surface area contributed by atoms with Gasteiger partial charge in [0, 0.05) is 11.9 Å². The second-order valence-electron chi connectivity index (χ2n) is 3.34. The first-order valence-corrected chi connectivity index (χ1v) is 5.63.